The number of nitrogens with one attached hydrogen (secondary N) is 2. The van der Waals surface area contributed by atoms with Crippen LogP contribution in [0.15, 0.2) is 23.1 Å². The largest absolute Gasteiger partial charge is 0.486 e. The number of halogens is 4. The predicted octanol–water partition coefficient (Wildman–Crippen LogP) is 2.19. The van der Waals surface area contributed by atoms with Gasteiger partial charge in [0.25, 0.3) is 5.56 Å². The number of rotatable bonds is 3. The molecule has 0 bridgehead atoms. The number of aromatic amines is 1. The summed E-state index contributed by atoms with van der Waals surface area (Å²) in [4.78, 5) is 13.0. The maximum atomic E-state index is 14.3. The van der Waals surface area contributed by atoms with Crippen LogP contribution in [0.25, 0.3) is 0 Å². The molecule has 1 unspecified atom stereocenters. The van der Waals surface area contributed by atoms with E-state index in [1.807, 2.05) is 5.10 Å². The fourth-order valence-electron chi connectivity index (χ4n) is 3.47. The van der Waals surface area contributed by atoms with Crippen molar-refractivity contribution in [2.75, 3.05) is 18.0 Å². The molecule has 1 aromatic heterocycles. The Balaban J connectivity index is 1.64. The number of alkyl halides is 3. The molecular formula is C17H16F4N4O2. The van der Waals surface area contributed by atoms with Crippen molar-refractivity contribution in [2.45, 2.75) is 31.8 Å². The van der Waals surface area contributed by atoms with Crippen LogP contribution >= 0.6 is 0 Å². The van der Waals surface area contributed by atoms with E-state index in [-0.39, 0.29) is 30.6 Å². The van der Waals surface area contributed by atoms with Gasteiger partial charge in [-0.1, -0.05) is 0 Å². The third kappa shape index (κ3) is 3.36. The van der Waals surface area contributed by atoms with E-state index in [1.165, 1.54) is 17.0 Å². The second-order valence-electron chi connectivity index (χ2n) is 6.60. The van der Waals surface area contributed by atoms with Gasteiger partial charge in [-0.2, -0.15) is 18.3 Å². The number of anilines is 1. The first-order chi connectivity index (χ1) is 12.8. The SMILES string of the molecule is O=c1[nH]ncc(N2Cc3cc(F)c(OC4CCNC4)cc3C2)c1C(F)(F)F. The van der Waals surface area contributed by atoms with Crippen LogP contribution in [0.4, 0.5) is 23.2 Å². The summed E-state index contributed by atoms with van der Waals surface area (Å²) < 4.78 is 59.9. The number of hydrogen-bond acceptors (Lipinski definition) is 5. The van der Waals surface area contributed by atoms with E-state index in [2.05, 4.69) is 10.4 Å². The third-order valence-corrected chi connectivity index (χ3v) is 4.75. The number of nitrogens with zero attached hydrogens (tertiary/aromatic N) is 2. The molecule has 2 aromatic rings. The second-order valence-corrected chi connectivity index (χ2v) is 6.60. The number of ether oxygens (including phenoxy) is 1. The average molecular weight is 384 g/mol. The number of hydrogen-bond donors (Lipinski definition) is 2. The Morgan fingerprint density at radius 1 is 1.22 bits per heavy atom. The molecule has 10 heteroatoms. The maximum absolute atomic E-state index is 14.3. The zero-order chi connectivity index (χ0) is 19.2. The van der Waals surface area contributed by atoms with Crippen molar-refractivity contribution in [2.24, 2.45) is 0 Å². The molecule has 0 radical (unpaired) electrons. The molecule has 1 fully saturated rings. The van der Waals surface area contributed by atoms with Gasteiger partial charge in [0.2, 0.25) is 0 Å². The highest BCUT2D eigenvalue weighted by molar-refractivity contribution is 5.57. The van der Waals surface area contributed by atoms with Gasteiger partial charge < -0.3 is 15.0 Å². The van der Waals surface area contributed by atoms with Crippen LogP contribution in [-0.4, -0.2) is 29.4 Å². The van der Waals surface area contributed by atoms with Crippen molar-refractivity contribution < 1.29 is 22.3 Å². The maximum Gasteiger partial charge on any atom is 0.423 e. The Labute approximate surface area is 151 Å². The molecule has 4 rings (SSSR count). The van der Waals surface area contributed by atoms with Crippen LogP contribution < -0.4 is 20.5 Å². The van der Waals surface area contributed by atoms with E-state index in [1.54, 1.807) is 0 Å². The first kappa shape index (κ1) is 17.8. The molecule has 6 nitrogen and oxygen atoms in total. The molecule has 0 saturated carbocycles. The molecule has 2 N–H and O–H groups in total. The van der Waals surface area contributed by atoms with E-state index in [0.29, 0.717) is 17.7 Å². The average Bonchev–Trinajstić information content (AvgIpc) is 3.23. The molecule has 2 aliphatic heterocycles. The van der Waals surface area contributed by atoms with Gasteiger partial charge in [-0.25, -0.2) is 9.49 Å². The smallest absolute Gasteiger partial charge is 0.423 e. The molecule has 0 aliphatic carbocycles. The summed E-state index contributed by atoms with van der Waals surface area (Å²) >= 11 is 0. The van der Waals surface area contributed by atoms with Gasteiger partial charge in [0, 0.05) is 19.6 Å². The highest BCUT2D eigenvalue weighted by Gasteiger charge is 2.39. The summed E-state index contributed by atoms with van der Waals surface area (Å²) in [5.74, 6) is -0.466. The van der Waals surface area contributed by atoms with Crippen LogP contribution in [0.5, 0.6) is 5.75 Å². The highest BCUT2D eigenvalue weighted by atomic mass is 19.4. The Morgan fingerprint density at radius 2 is 1.96 bits per heavy atom. The molecule has 0 amide bonds. The molecule has 3 heterocycles. The number of fused-ring (bicyclic) bond motifs is 1. The second kappa shape index (κ2) is 6.52. The summed E-state index contributed by atoms with van der Waals surface area (Å²) in [6.07, 6.45) is -3.23. The van der Waals surface area contributed by atoms with Crippen molar-refractivity contribution in [3.05, 3.63) is 51.2 Å². The zero-order valence-electron chi connectivity index (χ0n) is 14.1. The summed E-state index contributed by atoms with van der Waals surface area (Å²) in [6, 6.07) is 2.80. The summed E-state index contributed by atoms with van der Waals surface area (Å²) in [5.41, 5.74) is -1.73. The van der Waals surface area contributed by atoms with Crippen LogP contribution in [0.2, 0.25) is 0 Å². The predicted molar refractivity (Wildman–Crippen MR) is 88.0 cm³/mol. The van der Waals surface area contributed by atoms with E-state index >= 15 is 0 Å². The minimum atomic E-state index is -4.82. The molecule has 2 aliphatic rings. The Morgan fingerprint density at radius 3 is 2.63 bits per heavy atom. The van der Waals surface area contributed by atoms with Gasteiger partial charge in [-0.05, 0) is 36.2 Å². The summed E-state index contributed by atoms with van der Waals surface area (Å²) in [5, 5.41) is 8.41. The van der Waals surface area contributed by atoms with Gasteiger partial charge in [-0.15, -0.1) is 0 Å². The highest BCUT2D eigenvalue weighted by Crippen LogP contribution is 2.38. The van der Waals surface area contributed by atoms with Gasteiger partial charge in [-0.3, -0.25) is 4.79 Å². The Kier molecular flexibility index (Phi) is 4.29. The lowest BCUT2D eigenvalue weighted by Crippen LogP contribution is -2.28. The van der Waals surface area contributed by atoms with Gasteiger partial charge in [0.1, 0.15) is 11.7 Å². The fourth-order valence-corrected chi connectivity index (χ4v) is 3.47. The zero-order valence-corrected chi connectivity index (χ0v) is 14.1. The van der Waals surface area contributed by atoms with Crippen LogP contribution in [0.3, 0.4) is 0 Å². The van der Waals surface area contributed by atoms with E-state index < -0.39 is 23.1 Å². The molecule has 144 valence electrons. The Bertz CT molecular complexity index is 922. The van der Waals surface area contributed by atoms with E-state index in [9.17, 15) is 22.4 Å². The quantitative estimate of drug-likeness (QED) is 0.794. The van der Waals surface area contributed by atoms with E-state index in [0.717, 1.165) is 19.2 Å². The summed E-state index contributed by atoms with van der Waals surface area (Å²) in [6.45, 7) is 1.56. The van der Waals surface area contributed by atoms with Crippen LogP contribution in [0.1, 0.15) is 23.1 Å². The van der Waals surface area contributed by atoms with Crippen molar-refractivity contribution in [1.82, 2.24) is 15.5 Å². The minimum absolute atomic E-state index is 0.0474. The van der Waals surface area contributed by atoms with Crippen molar-refractivity contribution in [3.8, 4) is 5.75 Å². The van der Waals surface area contributed by atoms with E-state index in [4.69, 9.17) is 4.74 Å². The first-order valence-corrected chi connectivity index (χ1v) is 8.41. The third-order valence-electron chi connectivity index (χ3n) is 4.75. The van der Waals surface area contributed by atoms with Crippen molar-refractivity contribution in [3.63, 3.8) is 0 Å². The number of benzene rings is 1. The summed E-state index contributed by atoms with van der Waals surface area (Å²) in [7, 11) is 0. The van der Waals surface area contributed by atoms with Crippen molar-refractivity contribution >= 4 is 5.69 Å². The molecule has 0 spiro atoms. The van der Waals surface area contributed by atoms with Gasteiger partial charge >= 0.3 is 6.18 Å². The van der Waals surface area contributed by atoms with Crippen molar-refractivity contribution in [1.29, 1.82) is 0 Å². The molecule has 1 atom stereocenters. The molecule has 1 aromatic carbocycles. The topological polar surface area (TPSA) is 70.2 Å². The monoisotopic (exact) mass is 384 g/mol. The lowest BCUT2D eigenvalue weighted by Gasteiger charge is -2.21. The molecule has 1 saturated heterocycles. The lowest BCUT2D eigenvalue weighted by atomic mass is 10.1. The normalized spacial score (nSPS) is 19.4. The standard InChI is InChI=1S/C17H16F4N4O2/c18-12-3-9-7-25(13-6-23-24-16(26)15(13)17(19,20)21)8-10(9)4-14(12)27-11-1-2-22-5-11/h3-4,6,11,22H,1-2,5,7-8H2,(H,24,26). The van der Waals surface area contributed by atoms with Crippen LogP contribution in [-0.2, 0) is 19.3 Å². The minimum Gasteiger partial charge on any atom is -0.486 e. The fraction of sp³-hybridized carbons (Fsp3) is 0.412. The Hall–Kier alpha value is -2.62. The lowest BCUT2D eigenvalue weighted by molar-refractivity contribution is -0.138. The number of H-pyrrole nitrogens is 1. The van der Waals surface area contributed by atoms with Gasteiger partial charge in [0.05, 0.1) is 11.9 Å². The molecule has 27 heavy (non-hydrogen) atoms. The molecular weight excluding hydrogens is 368 g/mol. The number of aromatic nitrogens is 2. The van der Waals surface area contributed by atoms with Crippen LogP contribution in [0, 0.1) is 5.82 Å². The first-order valence-electron chi connectivity index (χ1n) is 8.41. The van der Waals surface area contributed by atoms with Gasteiger partial charge in [0.15, 0.2) is 11.6 Å².